The molecule has 464 valence electrons. The maximum Gasteiger partial charge on any atom is 0.410 e. The molecule has 4 N–H and O–H groups in total. The van der Waals surface area contributed by atoms with Gasteiger partial charge in [-0.2, -0.15) is 10.4 Å². The second-order valence-electron chi connectivity index (χ2n) is 21.8. The number of aromatic amines is 2. The molecule has 2 saturated heterocycles. The number of allylic oxidation sites excluding steroid dienone is 1. The molecule has 0 atom stereocenters. The summed E-state index contributed by atoms with van der Waals surface area (Å²) < 4.78 is 46.3. The topological polar surface area (TPSA) is 223 Å². The number of carbonyl (C=O) groups excluding carboxylic acids is 4. The Balaban J connectivity index is 0.000000359. The number of carbonyl (C=O) groups is 4. The van der Waals surface area contributed by atoms with Gasteiger partial charge in [-0.3, -0.25) is 9.59 Å². The average molecular weight is 1310 g/mol. The molecule has 0 bridgehead atoms. The lowest BCUT2D eigenvalue weighted by molar-refractivity contribution is 0.0114. The summed E-state index contributed by atoms with van der Waals surface area (Å²) >= 11 is 7.15. The quantitative estimate of drug-likeness (QED) is 0.0589. The molecule has 21 heteroatoms. The van der Waals surface area contributed by atoms with E-state index in [4.69, 9.17) is 29.4 Å². The van der Waals surface area contributed by atoms with E-state index in [1.165, 1.54) is 23.1 Å². The molecule has 7 aromatic rings. The van der Waals surface area contributed by atoms with Crippen LogP contribution in [0.2, 0.25) is 0 Å². The summed E-state index contributed by atoms with van der Waals surface area (Å²) in [6, 6.07) is 24.4. The first kappa shape index (κ1) is 70.7. The Hall–Kier alpha value is -7.83. The van der Waals surface area contributed by atoms with Gasteiger partial charge in [-0.15, -0.1) is 0 Å². The highest BCUT2D eigenvalue weighted by atomic mass is 79.9. The number of H-pyrrole nitrogens is 2. The molecular formula is C65H84Br2FN9O9. The maximum atomic E-state index is 14.1. The van der Waals surface area contributed by atoms with Gasteiger partial charge in [-0.1, -0.05) is 54.7 Å². The van der Waals surface area contributed by atoms with Crippen LogP contribution in [0.25, 0.3) is 27.5 Å². The first-order chi connectivity index (χ1) is 39.8. The van der Waals surface area contributed by atoms with Gasteiger partial charge < -0.3 is 54.1 Å². The van der Waals surface area contributed by atoms with Crippen LogP contribution in [-0.2, 0) is 9.47 Å². The number of likely N-dealkylation sites (tertiary alicyclic amines) is 2. The van der Waals surface area contributed by atoms with Crippen molar-refractivity contribution in [2.75, 3.05) is 46.0 Å². The number of fused-ring (bicyclic) bond motifs is 2. The Bertz CT molecular complexity index is 3540. The Kier molecular flexibility index (Phi) is 25.5. The molecule has 0 spiro atoms. The minimum Gasteiger partial charge on any atom is -0.489 e. The van der Waals surface area contributed by atoms with Crippen molar-refractivity contribution in [2.45, 2.75) is 140 Å². The molecule has 0 unspecified atom stereocenters. The van der Waals surface area contributed by atoms with E-state index >= 15 is 0 Å². The lowest BCUT2D eigenvalue weighted by Crippen LogP contribution is -2.44. The van der Waals surface area contributed by atoms with Crippen molar-refractivity contribution in [1.82, 2.24) is 34.4 Å². The first-order valence-corrected chi connectivity index (χ1v) is 29.6. The summed E-state index contributed by atoms with van der Waals surface area (Å²) in [6.07, 6.45) is 4.96. The fraction of sp³-hybridized carbons (Fsp3) is 0.415. The number of ether oxygens (including phenoxy) is 5. The number of ketones is 2. The lowest BCUT2D eigenvalue weighted by Gasteiger charge is -2.33. The largest absolute Gasteiger partial charge is 0.489 e. The summed E-state index contributed by atoms with van der Waals surface area (Å²) in [5.74, 6) is 0.973. The fourth-order valence-corrected chi connectivity index (χ4v) is 9.84. The van der Waals surface area contributed by atoms with E-state index in [0.717, 1.165) is 36.3 Å². The molecule has 5 heterocycles. The van der Waals surface area contributed by atoms with Crippen molar-refractivity contribution in [2.24, 2.45) is 0 Å². The lowest BCUT2D eigenvalue weighted by atomic mass is 10.1. The summed E-state index contributed by atoms with van der Waals surface area (Å²) in [5.41, 5.74) is 9.25. The van der Waals surface area contributed by atoms with Crippen molar-refractivity contribution in [1.29, 1.82) is 5.26 Å². The minimum absolute atomic E-state index is 0. The molecule has 2 aliphatic rings. The number of Topliss-reactive ketones (excluding diaryl/α,β-unsaturated/α-hetero) is 1. The molecule has 0 radical (unpaired) electrons. The van der Waals surface area contributed by atoms with Crippen LogP contribution in [0.3, 0.4) is 0 Å². The highest BCUT2D eigenvalue weighted by Crippen LogP contribution is 2.36. The Morgan fingerprint density at radius 2 is 1.19 bits per heavy atom. The SMILES string of the molecule is C.C.CC.CC.CN(C)/C=C(\C#N)C(=O)c1cc2cc(OC3CCN(C(=O)OC(C)(C)C)CC3)c(Br)cc2[nH]1.Cc1cc(-n2ncc(C(=O)c3cc4cc(OC5CCN(C(=O)OC(C)(C)C)CC5)c(Br)cc4[nH]3)c2N)ccc1Oc1ccccc1F. The predicted octanol–water partition coefficient (Wildman–Crippen LogP) is 16.1. The fourth-order valence-electron chi connectivity index (χ4n) is 8.97. The molecule has 2 aliphatic heterocycles. The molecule has 3 aromatic heterocycles. The van der Waals surface area contributed by atoms with E-state index in [1.807, 2.05) is 106 Å². The van der Waals surface area contributed by atoms with E-state index in [-0.39, 0.29) is 73.5 Å². The van der Waals surface area contributed by atoms with Crippen molar-refractivity contribution < 1.29 is 47.3 Å². The molecule has 4 aromatic carbocycles. The van der Waals surface area contributed by atoms with Gasteiger partial charge in [-0.05, 0) is 153 Å². The van der Waals surface area contributed by atoms with Crippen molar-refractivity contribution in [3.8, 4) is 34.8 Å². The van der Waals surface area contributed by atoms with Crippen molar-refractivity contribution in [3.05, 3.63) is 134 Å². The normalized spacial score (nSPS) is 13.6. The third-order valence-electron chi connectivity index (χ3n) is 12.9. The average Bonchev–Trinajstić information content (AvgIpc) is 2.45. The van der Waals surface area contributed by atoms with Crippen LogP contribution in [-0.4, -0.2) is 122 Å². The molecule has 0 saturated carbocycles. The van der Waals surface area contributed by atoms with Crippen LogP contribution in [0.15, 0.2) is 106 Å². The number of nitrogens with two attached hydrogens (primary N) is 1. The number of rotatable bonds is 12. The van der Waals surface area contributed by atoms with Gasteiger partial charge in [-0.25, -0.2) is 18.7 Å². The Morgan fingerprint density at radius 3 is 1.64 bits per heavy atom. The number of piperidine rings is 2. The van der Waals surface area contributed by atoms with Gasteiger partial charge >= 0.3 is 12.2 Å². The van der Waals surface area contributed by atoms with Crippen LogP contribution < -0.4 is 19.9 Å². The standard InChI is InChI=1S/C35H35BrFN5O5.C24H29BrN4O4.2C2H6.2CH4/c1-20-15-22(9-10-29(20)46-30-8-6-5-7-26(30)37)42-33(38)24(19-39-42)32(43)28-16-21-17-31(25(36)18-27(21)40-28)45-23-11-13-41(14-12-23)34(44)47-35(2,3)4;1-24(2,3)33-23(31)29-8-6-17(7-9-29)32-21-11-15-10-20(27-19(15)12-18(21)25)22(30)16(13-26)14-28(4)5;2*1-2;;/h5-10,15-19,23,40H,11-14,38H2,1-4H3;10-12,14,17,27H,6-9H2,1-5H3;2*1-2H3;2*1H4/b;16-14+;;;;. The molecule has 2 fully saturated rings. The van der Waals surface area contributed by atoms with E-state index in [0.29, 0.717) is 86.2 Å². The smallest absolute Gasteiger partial charge is 0.410 e. The van der Waals surface area contributed by atoms with Crippen LogP contribution in [0.4, 0.5) is 19.8 Å². The third-order valence-corrected chi connectivity index (χ3v) is 14.1. The second-order valence-corrected chi connectivity index (χ2v) is 23.5. The zero-order valence-electron chi connectivity index (χ0n) is 50.0. The maximum absolute atomic E-state index is 14.1. The van der Waals surface area contributed by atoms with E-state index < -0.39 is 17.0 Å². The monoisotopic (exact) mass is 1310 g/mol. The van der Waals surface area contributed by atoms with E-state index in [1.54, 1.807) is 77.3 Å². The summed E-state index contributed by atoms with van der Waals surface area (Å²) in [4.78, 5) is 62.3. The molecule has 86 heavy (non-hydrogen) atoms. The number of aryl methyl sites for hydroxylation is 1. The van der Waals surface area contributed by atoms with E-state index in [2.05, 4.69) is 46.9 Å². The molecule has 2 amide bonds. The van der Waals surface area contributed by atoms with Gasteiger partial charge in [0.15, 0.2) is 11.6 Å². The summed E-state index contributed by atoms with van der Waals surface area (Å²) in [5, 5.41) is 15.3. The van der Waals surface area contributed by atoms with Gasteiger partial charge in [0.1, 0.15) is 58.1 Å². The van der Waals surface area contributed by atoms with Gasteiger partial charge in [0.05, 0.1) is 37.8 Å². The number of amides is 2. The minimum atomic E-state index is -0.540. The van der Waals surface area contributed by atoms with Crippen LogP contribution in [0, 0.1) is 24.1 Å². The number of aromatic nitrogens is 4. The highest BCUT2D eigenvalue weighted by Gasteiger charge is 2.30. The number of benzene rings is 4. The number of nitrogen functional groups attached to an aromatic ring is 1. The molecule has 9 rings (SSSR count). The molecule has 0 aliphatic carbocycles. The number of hydrogen-bond donors (Lipinski definition) is 3. The summed E-state index contributed by atoms with van der Waals surface area (Å²) in [6.45, 7) is 23.2. The van der Waals surface area contributed by atoms with Crippen LogP contribution in [0.1, 0.15) is 142 Å². The Labute approximate surface area is 522 Å². The summed E-state index contributed by atoms with van der Waals surface area (Å²) in [7, 11) is 3.52. The van der Waals surface area contributed by atoms with Gasteiger partial charge in [0.2, 0.25) is 11.6 Å². The number of anilines is 1. The van der Waals surface area contributed by atoms with Crippen LogP contribution in [0.5, 0.6) is 23.0 Å². The zero-order valence-corrected chi connectivity index (χ0v) is 53.2. The second kappa shape index (κ2) is 31.0. The van der Waals surface area contributed by atoms with E-state index in [9.17, 15) is 28.8 Å². The Morgan fingerprint density at radius 1 is 0.709 bits per heavy atom. The van der Waals surface area contributed by atoms with Crippen molar-refractivity contribution >= 4 is 83.2 Å². The van der Waals surface area contributed by atoms with Crippen molar-refractivity contribution in [3.63, 3.8) is 0 Å². The predicted molar refractivity (Wildman–Crippen MR) is 345 cm³/mol. The number of nitriles is 1. The highest BCUT2D eigenvalue weighted by molar-refractivity contribution is 9.11. The first-order valence-electron chi connectivity index (χ1n) is 28.0. The molecule has 18 nitrogen and oxygen atoms in total. The molecular weight excluding hydrogens is 1230 g/mol. The van der Waals surface area contributed by atoms with Crippen LogP contribution >= 0.6 is 31.9 Å². The number of hydrogen-bond acceptors (Lipinski definition) is 13. The van der Waals surface area contributed by atoms with Gasteiger partial charge in [0, 0.05) is 94.0 Å². The number of nitrogens with one attached hydrogen (secondary N) is 2. The number of nitrogens with zero attached hydrogens (tertiary/aromatic N) is 6. The van der Waals surface area contributed by atoms with Gasteiger partial charge in [0.25, 0.3) is 0 Å². The zero-order chi connectivity index (χ0) is 61.8. The number of para-hydroxylation sites is 1. The number of halogens is 3. The third kappa shape index (κ3) is 18.3.